The van der Waals surface area contributed by atoms with Gasteiger partial charge in [-0.1, -0.05) is 18.2 Å². The molecular formula is C8H13NSi+. The first-order valence-electron chi connectivity index (χ1n) is 3.60. The summed E-state index contributed by atoms with van der Waals surface area (Å²) in [5.74, 6) is 0. The van der Waals surface area contributed by atoms with Gasteiger partial charge in [0.25, 0.3) is 0 Å². The monoisotopic (exact) mass is 151 g/mol. The highest BCUT2D eigenvalue weighted by Gasteiger charge is 2.05. The lowest BCUT2D eigenvalue weighted by atomic mass is 10.3. The molecule has 0 spiro atoms. The minimum Gasteiger partial charge on any atom is -0.211 e. The largest absolute Gasteiger partial charge is 0.302 e. The molecule has 0 fully saturated rings. The van der Waals surface area contributed by atoms with Crippen LogP contribution in [-0.2, 0) is 0 Å². The van der Waals surface area contributed by atoms with Crippen LogP contribution < -0.4 is 4.57 Å². The van der Waals surface area contributed by atoms with E-state index in [9.17, 15) is 0 Å². The van der Waals surface area contributed by atoms with E-state index in [0.717, 1.165) is 0 Å². The Morgan fingerprint density at radius 3 is 2.30 bits per heavy atom. The molecule has 0 saturated carbocycles. The minimum absolute atomic E-state index is 0.0266. The highest BCUT2D eigenvalue weighted by molar-refractivity contribution is 6.33. The predicted octanol–water partition coefficient (Wildman–Crippen LogP) is 1.22. The van der Waals surface area contributed by atoms with Crippen LogP contribution in [0.25, 0.3) is 0 Å². The van der Waals surface area contributed by atoms with Crippen molar-refractivity contribution in [3.05, 3.63) is 30.3 Å². The average Bonchev–Trinajstić information content (AvgIpc) is 2.05. The molecule has 0 bridgehead atoms. The van der Waals surface area contributed by atoms with Crippen LogP contribution in [0, 0.1) is 0 Å². The quantitative estimate of drug-likeness (QED) is 0.561. The number of benzene rings is 1. The zero-order valence-electron chi connectivity index (χ0n) is 6.54. The third kappa shape index (κ3) is 1.69. The van der Waals surface area contributed by atoms with Gasteiger partial charge in [-0.3, -0.25) is 0 Å². The Balaban J connectivity index is 2.75. The number of nitrogens with zero attached hydrogens (tertiary/aromatic N) is 1. The maximum Gasteiger partial charge on any atom is 0.302 e. The smallest absolute Gasteiger partial charge is 0.211 e. The first-order valence-corrected chi connectivity index (χ1v) is 5.65. The fraction of sp³-hybridized carbons (Fsp3) is 0.250. The SMILES string of the molecule is C[SiH2][N+](C)c1ccccc1. The van der Waals surface area contributed by atoms with E-state index >= 15 is 0 Å². The Morgan fingerprint density at radius 2 is 1.80 bits per heavy atom. The van der Waals surface area contributed by atoms with Crippen LogP contribution in [0.1, 0.15) is 0 Å². The number of hydrogen-bond acceptors (Lipinski definition) is 1. The van der Waals surface area contributed by atoms with Gasteiger partial charge in [-0.2, -0.15) is 0 Å². The van der Waals surface area contributed by atoms with E-state index in [1.807, 2.05) is 0 Å². The molecule has 0 heterocycles. The normalized spacial score (nSPS) is 11.5. The molecule has 0 aromatic heterocycles. The summed E-state index contributed by atoms with van der Waals surface area (Å²) in [6.07, 6.45) is 0. The van der Waals surface area contributed by atoms with Crippen LogP contribution in [0.3, 0.4) is 0 Å². The van der Waals surface area contributed by atoms with Crippen molar-refractivity contribution >= 4 is 15.4 Å². The van der Waals surface area contributed by atoms with Gasteiger partial charge >= 0.3 is 9.68 Å². The molecule has 0 atom stereocenters. The molecule has 10 heavy (non-hydrogen) atoms. The van der Waals surface area contributed by atoms with Gasteiger partial charge in [0.05, 0.1) is 7.05 Å². The molecule has 0 N–H and O–H groups in total. The van der Waals surface area contributed by atoms with Crippen LogP contribution >= 0.6 is 0 Å². The molecule has 0 aliphatic rings. The van der Waals surface area contributed by atoms with E-state index in [4.69, 9.17) is 0 Å². The summed E-state index contributed by atoms with van der Waals surface area (Å²) in [4.78, 5) is 0. The van der Waals surface area contributed by atoms with Gasteiger partial charge in [-0.15, -0.1) is 0 Å². The Hall–Kier alpha value is -0.603. The Labute approximate surface area is 64.6 Å². The van der Waals surface area contributed by atoms with Crippen LogP contribution in [0.5, 0.6) is 0 Å². The van der Waals surface area contributed by atoms with Crippen molar-refractivity contribution < 1.29 is 0 Å². The van der Waals surface area contributed by atoms with Crippen molar-refractivity contribution in [2.75, 3.05) is 7.05 Å². The molecule has 1 rings (SSSR count). The van der Waals surface area contributed by atoms with Crippen molar-refractivity contribution in [1.82, 2.24) is 4.57 Å². The molecule has 0 unspecified atom stereocenters. The van der Waals surface area contributed by atoms with Gasteiger partial charge in [0, 0.05) is 12.1 Å². The summed E-state index contributed by atoms with van der Waals surface area (Å²) in [5, 5.41) is 0. The molecule has 53 valence electrons. The lowest BCUT2D eigenvalue weighted by Crippen LogP contribution is -2.20. The van der Waals surface area contributed by atoms with Gasteiger partial charge in [-0.05, 0) is 6.55 Å². The number of rotatable bonds is 2. The molecule has 0 aliphatic heterocycles. The number of anilines is 1. The molecule has 1 aromatic carbocycles. The van der Waals surface area contributed by atoms with Gasteiger partial charge < -0.3 is 0 Å². The highest BCUT2D eigenvalue weighted by Crippen LogP contribution is 2.08. The third-order valence-corrected chi connectivity index (χ3v) is 2.99. The summed E-state index contributed by atoms with van der Waals surface area (Å²) in [6.45, 7) is 2.28. The summed E-state index contributed by atoms with van der Waals surface area (Å²) in [7, 11) is 2.13. The van der Waals surface area contributed by atoms with Crippen LogP contribution in [0.15, 0.2) is 30.3 Å². The Bertz CT molecular complexity index is 186. The van der Waals surface area contributed by atoms with E-state index in [1.165, 1.54) is 5.69 Å². The van der Waals surface area contributed by atoms with Crippen LogP contribution in [0.2, 0.25) is 6.55 Å². The second-order valence-corrected chi connectivity index (χ2v) is 3.93. The van der Waals surface area contributed by atoms with Gasteiger partial charge in [0.1, 0.15) is 0 Å². The summed E-state index contributed by atoms with van der Waals surface area (Å²) >= 11 is 0. The summed E-state index contributed by atoms with van der Waals surface area (Å²) < 4.78 is 2.35. The number of para-hydroxylation sites is 1. The first kappa shape index (κ1) is 7.50. The van der Waals surface area contributed by atoms with Crippen molar-refractivity contribution in [1.29, 1.82) is 0 Å². The van der Waals surface area contributed by atoms with E-state index in [-0.39, 0.29) is 9.68 Å². The zero-order valence-corrected chi connectivity index (χ0v) is 7.96. The Morgan fingerprint density at radius 1 is 1.20 bits per heavy atom. The number of hydrogen-bond donors (Lipinski definition) is 0. The van der Waals surface area contributed by atoms with Crippen LogP contribution in [-0.4, -0.2) is 16.7 Å². The van der Waals surface area contributed by atoms with Crippen molar-refractivity contribution in [2.45, 2.75) is 6.55 Å². The molecular weight excluding hydrogens is 138 g/mol. The standard InChI is InChI=1S/C8H13NSi/c1-9(10-2)8-6-4-3-5-7-8/h3-7H,10H2,1-2H3/q+1. The van der Waals surface area contributed by atoms with Gasteiger partial charge in [0.15, 0.2) is 5.69 Å². The van der Waals surface area contributed by atoms with Crippen LogP contribution in [0.4, 0.5) is 5.69 Å². The second-order valence-electron chi connectivity index (χ2n) is 2.35. The molecule has 2 heteroatoms. The molecule has 0 amide bonds. The molecule has 1 nitrogen and oxygen atoms in total. The Kier molecular flexibility index (Phi) is 2.65. The predicted molar refractivity (Wildman–Crippen MR) is 48.6 cm³/mol. The summed E-state index contributed by atoms with van der Waals surface area (Å²) in [5.41, 5.74) is 1.34. The molecule has 0 saturated heterocycles. The van der Waals surface area contributed by atoms with E-state index < -0.39 is 0 Å². The van der Waals surface area contributed by atoms with Gasteiger partial charge in [-0.25, -0.2) is 4.57 Å². The fourth-order valence-electron chi connectivity index (χ4n) is 0.865. The van der Waals surface area contributed by atoms with E-state index in [0.29, 0.717) is 0 Å². The molecule has 1 aromatic rings. The third-order valence-electron chi connectivity index (χ3n) is 1.67. The highest BCUT2D eigenvalue weighted by atomic mass is 28.2. The first-order chi connectivity index (χ1) is 4.84. The van der Waals surface area contributed by atoms with E-state index in [1.54, 1.807) is 0 Å². The maximum atomic E-state index is 2.35. The zero-order chi connectivity index (χ0) is 7.40. The minimum atomic E-state index is -0.0266. The van der Waals surface area contributed by atoms with Crippen molar-refractivity contribution in [2.24, 2.45) is 0 Å². The fourth-order valence-corrected chi connectivity index (χ4v) is 1.44. The van der Waals surface area contributed by atoms with E-state index in [2.05, 4.69) is 48.5 Å². The lowest BCUT2D eigenvalue weighted by molar-refractivity contribution is 0.943. The topological polar surface area (TPSA) is 5.90 Å². The average molecular weight is 151 g/mol. The lowest BCUT2D eigenvalue weighted by Gasteiger charge is -2.01. The van der Waals surface area contributed by atoms with Gasteiger partial charge in [0.2, 0.25) is 0 Å². The maximum absolute atomic E-state index is 2.35. The molecule has 0 aliphatic carbocycles. The van der Waals surface area contributed by atoms with Crippen molar-refractivity contribution in [3.8, 4) is 0 Å². The molecule has 1 radical (unpaired) electrons. The second kappa shape index (κ2) is 3.54. The van der Waals surface area contributed by atoms with Crippen molar-refractivity contribution in [3.63, 3.8) is 0 Å². The summed E-state index contributed by atoms with van der Waals surface area (Å²) in [6, 6.07) is 10.5.